The zero-order chi connectivity index (χ0) is 12.1. The summed E-state index contributed by atoms with van der Waals surface area (Å²) in [6.07, 6.45) is 4.02. The minimum atomic E-state index is 0. The highest BCUT2D eigenvalue weighted by molar-refractivity contribution is 5.85. The van der Waals surface area contributed by atoms with Crippen molar-refractivity contribution in [3.8, 4) is 0 Å². The minimum absolute atomic E-state index is 0. The number of hydrogen-bond acceptors (Lipinski definition) is 2. The third-order valence-corrected chi connectivity index (χ3v) is 3.64. The van der Waals surface area contributed by atoms with Gasteiger partial charge in [-0.05, 0) is 38.8 Å². The molecule has 2 unspecified atom stereocenters. The molecule has 18 heavy (non-hydrogen) atoms. The molecular weight excluding hydrogens is 246 g/mol. The van der Waals surface area contributed by atoms with Gasteiger partial charge in [0.1, 0.15) is 0 Å². The molecule has 0 saturated carbocycles. The molecule has 0 N–H and O–H groups in total. The highest BCUT2D eigenvalue weighted by Gasteiger charge is 2.19. The molecule has 1 saturated heterocycles. The summed E-state index contributed by atoms with van der Waals surface area (Å²) in [5, 5.41) is 0. The topological polar surface area (TPSA) is 12.5 Å². The predicted molar refractivity (Wildman–Crippen MR) is 78.5 cm³/mol. The van der Waals surface area contributed by atoms with Crippen LogP contribution in [0, 0.1) is 0 Å². The maximum atomic E-state index is 5.68. The van der Waals surface area contributed by atoms with E-state index in [4.69, 9.17) is 4.74 Å². The second-order valence-electron chi connectivity index (χ2n) is 5.11. The van der Waals surface area contributed by atoms with Crippen molar-refractivity contribution in [3.05, 3.63) is 35.9 Å². The van der Waals surface area contributed by atoms with Crippen molar-refractivity contribution in [1.82, 2.24) is 4.90 Å². The van der Waals surface area contributed by atoms with Crippen LogP contribution in [0.4, 0.5) is 0 Å². The molecule has 0 spiro atoms. The number of halogens is 1. The molecule has 0 aromatic heterocycles. The van der Waals surface area contributed by atoms with E-state index in [0.29, 0.717) is 12.1 Å². The van der Waals surface area contributed by atoms with Crippen LogP contribution in [0.3, 0.4) is 0 Å². The summed E-state index contributed by atoms with van der Waals surface area (Å²) in [6, 6.07) is 11.3. The maximum Gasteiger partial charge on any atom is 0.0702 e. The number of nitrogens with zero attached hydrogens (tertiary/aromatic N) is 1. The summed E-state index contributed by atoms with van der Waals surface area (Å²) < 4.78 is 5.68. The standard InChI is InChI=1S/C15H23NO.ClH/c1-13(11-14-7-4-3-5-8-14)16(2)12-15-9-6-10-17-15;/h3-5,7-8,13,15H,6,9-12H2,1-2H3;1H. The highest BCUT2D eigenvalue weighted by atomic mass is 35.5. The Kier molecular flexibility index (Phi) is 6.69. The van der Waals surface area contributed by atoms with Crippen LogP contribution in [-0.4, -0.2) is 37.2 Å². The largest absolute Gasteiger partial charge is 0.377 e. The van der Waals surface area contributed by atoms with Crippen molar-refractivity contribution < 1.29 is 4.74 Å². The van der Waals surface area contributed by atoms with Crippen molar-refractivity contribution in [2.24, 2.45) is 0 Å². The van der Waals surface area contributed by atoms with Gasteiger partial charge in [0.05, 0.1) is 6.10 Å². The first-order valence-corrected chi connectivity index (χ1v) is 6.61. The van der Waals surface area contributed by atoms with Crippen molar-refractivity contribution in [1.29, 1.82) is 0 Å². The van der Waals surface area contributed by atoms with Gasteiger partial charge in [-0.15, -0.1) is 12.4 Å². The molecule has 102 valence electrons. The van der Waals surface area contributed by atoms with Crippen molar-refractivity contribution in [2.45, 2.75) is 38.3 Å². The van der Waals surface area contributed by atoms with Crippen LogP contribution >= 0.6 is 12.4 Å². The summed E-state index contributed by atoms with van der Waals surface area (Å²) in [5.41, 5.74) is 1.42. The Balaban J connectivity index is 0.00000162. The molecule has 1 heterocycles. The molecule has 0 radical (unpaired) electrons. The normalized spacial score (nSPS) is 20.7. The van der Waals surface area contributed by atoms with Crippen LogP contribution < -0.4 is 0 Å². The third kappa shape index (κ3) is 4.60. The van der Waals surface area contributed by atoms with Gasteiger partial charge in [0, 0.05) is 19.2 Å². The van der Waals surface area contributed by atoms with E-state index in [2.05, 4.69) is 49.2 Å². The lowest BCUT2D eigenvalue weighted by molar-refractivity contribution is 0.0704. The summed E-state index contributed by atoms with van der Waals surface area (Å²) in [4.78, 5) is 2.42. The van der Waals surface area contributed by atoms with E-state index in [9.17, 15) is 0 Å². The van der Waals surface area contributed by atoms with Crippen molar-refractivity contribution >= 4 is 12.4 Å². The van der Waals surface area contributed by atoms with Gasteiger partial charge in [-0.1, -0.05) is 30.3 Å². The Hall–Kier alpha value is -0.570. The number of benzene rings is 1. The van der Waals surface area contributed by atoms with Crippen LogP contribution in [0.25, 0.3) is 0 Å². The van der Waals surface area contributed by atoms with E-state index in [1.165, 1.54) is 18.4 Å². The second kappa shape index (κ2) is 7.78. The molecule has 1 fully saturated rings. The van der Waals surface area contributed by atoms with Crippen LogP contribution in [0.15, 0.2) is 30.3 Å². The molecule has 2 atom stereocenters. The molecule has 1 aromatic carbocycles. The SMILES string of the molecule is CC(Cc1ccccc1)N(C)CC1CCCO1.Cl. The van der Waals surface area contributed by atoms with Gasteiger partial charge in [0.25, 0.3) is 0 Å². The van der Waals surface area contributed by atoms with Crippen LogP contribution in [-0.2, 0) is 11.2 Å². The first-order chi connectivity index (χ1) is 8.25. The van der Waals surface area contributed by atoms with E-state index in [0.717, 1.165) is 19.6 Å². The molecule has 2 nitrogen and oxygen atoms in total. The lowest BCUT2D eigenvalue weighted by atomic mass is 10.1. The summed E-state index contributed by atoms with van der Waals surface area (Å²) in [7, 11) is 2.20. The van der Waals surface area contributed by atoms with Gasteiger partial charge in [-0.2, -0.15) is 0 Å². The summed E-state index contributed by atoms with van der Waals surface area (Å²) in [6.45, 7) is 4.31. The predicted octanol–water partition coefficient (Wildman–Crippen LogP) is 3.15. The third-order valence-electron chi connectivity index (χ3n) is 3.64. The van der Waals surface area contributed by atoms with Crippen LogP contribution in [0.1, 0.15) is 25.3 Å². The second-order valence-corrected chi connectivity index (χ2v) is 5.11. The number of hydrogen-bond donors (Lipinski definition) is 0. The Morgan fingerprint density at radius 3 is 2.67 bits per heavy atom. The molecule has 1 aliphatic heterocycles. The maximum absolute atomic E-state index is 5.68. The van der Waals surface area contributed by atoms with Crippen LogP contribution in [0.2, 0.25) is 0 Å². The van der Waals surface area contributed by atoms with Crippen LogP contribution in [0.5, 0.6) is 0 Å². The molecule has 0 bridgehead atoms. The van der Waals surface area contributed by atoms with Crippen molar-refractivity contribution in [2.75, 3.05) is 20.2 Å². The monoisotopic (exact) mass is 269 g/mol. The van der Waals surface area contributed by atoms with Gasteiger partial charge < -0.3 is 9.64 Å². The molecule has 2 rings (SSSR count). The quantitative estimate of drug-likeness (QED) is 0.814. The van der Waals surface area contributed by atoms with Gasteiger partial charge in [0.15, 0.2) is 0 Å². The number of rotatable bonds is 5. The first-order valence-electron chi connectivity index (χ1n) is 6.61. The fourth-order valence-electron chi connectivity index (χ4n) is 2.40. The molecule has 0 aliphatic carbocycles. The Bertz CT molecular complexity index is 325. The molecule has 0 amide bonds. The zero-order valence-electron chi connectivity index (χ0n) is 11.3. The number of likely N-dealkylation sites (N-methyl/N-ethyl adjacent to an activating group) is 1. The Morgan fingerprint density at radius 1 is 1.33 bits per heavy atom. The fourth-order valence-corrected chi connectivity index (χ4v) is 2.40. The molecule has 1 aromatic rings. The van der Waals surface area contributed by atoms with Gasteiger partial charge >= 0.3 is 0 Å². The average Bonchev–Trinajstić information content (AvgIpc) is 2.83. The smallest absolute Gasteiger partial charge is 0.0702 e. The summed E-state index contributed by atoms with van der Waals surface area (Å²) >= 11 is 0. The first kappa shape index (κ1) is 15.5. The Labute approximate surface area is 117 Å². The molecule has 1 aliphatic rings. The van der Waals surface area contributed by atoms with E-state index >= 15 is 0 Å². The van der Waals surface area contributed by atoms with Gasteiger partial charge in [0.2, 0.25) is 0 Å². The molecular formula is C15H24ClNO. The lowest BCUT2D eigenvalue weighted by Crippen LogP contribution is -2.36. The highest BCUT2D eigenvalue weighted by Crippen LogP contribution is 2.15. The van der Waals surface area contributed by atoms with Gasteiger partial charge in [-0.3, -0.25) is 0 Å². The van der Waals surface area contributed by atoms with E-state index in [1.807, 2.05) is 0 Å². The zero-order valence-corrected chi connectivity index (χ0v) is 12.2. The van der Waals surface area contributed by atoms with E-state index in [1.54, 1.807) is 0 Å². The molecule has 3 heteroatoms. The van der Waals surface area contributed by atoms with E-state index < -0.39 is 0 Å². The Morgan fingerprint density at radius 2 is 2.06 bits per heavy atom. The number of ether oxygens (including phenoxy) is 1. The van der Waals surface area contributed by atoms with Gasteiger partial charge in [-0.25, -0.2) is 0 Å². The average molecular weight is 270 g/mol. The summed E-state index contributed by atoms with van der Waals surface area (Å²) in [5.74, 6) is 0. The van der Waals surface area contributed by atoms with E-state index in [-0.39, 0.29) is 12.4 Å². The van der Waals surface area contributed by atoms with Crippen molar-refractivity contribution in [3.63, 3.8) is 0 Å². The lowest BCUT2D eigenvalue weighted by Gasteiger charge is -2.27. The minimum Gasteiger partial charge on any atom is -0.377 e. The fraction of sp³-hybridized carbons (Fsp3) is 0.600.